The van der Waals surface area contributed by atoms with E-state index >= 15 is 0 Å². The minimum atomic E-state index is 0.428. The summed E-state index contributed by atoms with van der Waals surface area (Å²) in [7, 11) is 0. The van der Waals surface area contributed by atoms with E-state index in [2.05, 4.69) is 51.8 Å². The van der Waals surface area contributed by atoms with E-state index < -0.39 is 0 Å². The molecule has 1 N–H and O–H groups in total. The summed E-state index contributed by atoms with van der Waals surface area (Å²) in [4.78, 5) is 7.12. The van der Waals surface area contributed by atoms with E-state index in [1.807, 2.05) is 12.1 Å². The molecule has 0 aliphatic heterocycles. The molecule has 0 bridgehead atoms. The molecule has 1 aromatic heterocycles. The van der Waals surface area contributed by atoms with Gasteiger partial charge in [-0.15, -0.1) is 0 Å². The summed E-state index contributed by atoms with van der Waals surface area (Å²) in [5, 5.41) is 4.15. The lowest BCUT2D eigenvalue weighted by Gasteiger charge is -2.30. The highest BCUT2D eigenvalue weighted by atomic mass is 35.5. The van der Waals surface area contributed by atoms with Crippen LogP contribution in [0.4, 0.5) is 5.82 Å². The van der Waals surface area contributed by atoms with E-state index in [0.29, 0.717) is 17.9 Å². The van der Waals surface area contributed by atoms with Crippen LogP contribution >= 0.6 is 11.6 Å². The van der Waals surface area contributed by atoms with Gasteiger partial charge < -0.3 is 10.2 Å². The number of nitrogens with zero attached hydrogens (tertiary/aromatic N) is 2. The minimum absolute atomic E-state index is 0.428. The van der Waals surface area contributed by atoms with Crippen molar-refractivity contribution in [2.45, 2.75) is 54.1 Å². The highest BCUT2D eigenvalue weighted by molar-refractivity contribution is 6.31. The lowest BCUT2D eigenvalue weighted by Crippen LogP contribution is -2.35. The first kappa shape index (κ1) is 18.2. The Morgan fingerprint density at radius 3 is 2.29 bits per heavy atom. The number of pyridine rings is 1. The van der Waals surface area contributed by atoms with Crippen LogP contribution in [0.3, 0.4) is 0 Å². The second-order valence-electron chi connectivity index (χ2n) is 6.76. The highest BCUT2D eigenvalue weighted by Gasteiger charge is 2.15. The molecule has 1 heterocycles. The van der Waals surface area contributed by atoms with Crippen LogP contribution < -0.4 is 10.2 Å². The van der Waals surface area contributed by atoms with E-state index in [4.69, 9.17) is 16.6 Å². The quantitative estimate of drug-likeness (QED) is 0.773. The van der Waals surface area contributed by atoms with Gasteiger partial charge >= 0.3 is 0 Å². The largest absolute Gasteiger partial charge is 0.354 e. The van der Waals surface area contributed by atoms with Gasteiger partial charge in [-0.05, 0) is 44.4 Å². The van der Waals surface area contributed by atoms with E-state index in [9.17, 15) is 0 Å². The molecule has 0 saturated carbocycles. The van der Waals surface area contributed by atoms with E-state index in [0.717, 1.165) is 36.2 Å². The van der Waals surface area contributed by atoms with Crippen molar-refractivity contribution >= 4 is 17.4 Å². The molecule has 0 spiro atoms. The molecular weight excluding hydrogens is 282 g/mol. The van der Waals surface area contributed by atoms with Gasteiger partial charge in [0.15, 0.2) is 0 Å². The molecule has 0 aliphatic carbocycles. The summed E-state index contributed by atoms with van der Waals surface area (Å²) in [6.07, 6.45) is 0. The van der Waals surface area contributed by atoms with Crippen molar-refractivity contribution in [2.24, 2.45) is 11.8 Å². The molecule has 1 aromatic rings. The van der Waals surface area contributed by atoms with Gasteiger partial charge in [0.2, 0.25) is 0 Å². The van der Waals surface area contributed by atoms with Gasteiger partial charge in [0, 0.05) is 19.1 Å². The number of hydrogen-bond acceptors (Lipinski definition) is 3. The molecule has 120 valence electrons. The molecule has 3 nitrogen and oxygen atoms in total. The summed E-state index contributed by atoms with van der Waals surface area (Å²) in [6, 6.07) is 4.42. The molecule has 0 unspecified atom stereocenters. The van der Waals surface area contributed by atoms with Crippen LogP contribution in [-0.4, -0.2) is 24.1 Å². The predicted octanol–water partition coefficient (Wildman–Crippen LogP) is 4.35. The van der Waals surface area contributed by atoms with E-state index in [1.54, 1.807) is 0 Å². The summed E-state index contributed by atoms with van der Waals surface area (Å²) >= 11 is 6.28. The van der Waals surface area contributed by atoms with Crippen LogP contribution in [0.15, 0.2) is 12.1 Å². The van der Waals surface area contributed by atoms with Crippen molar-refractivity contribution < 1.29 is 0 Å². The Kier molecular flexibility index (Phi) is 7.47. The number of hydrogen-bond donors (Lipinski definition) is 1. The lowest BCUT2D eigenvalue weighted by molar-refractivity contribution is 0.544. The number of anilines is 1. The van der Waals surface area contributed by atoms with E-state index in [-0.39, 0.29) is 0 Å². The molecule has 4 heteroatoms. The summed E-state index contributed by atoms with van der Waals surface area (Å²) in [5.74, 6) is 2.25. The normalized spacial score (nSPS) is 11.7. The SMILES string of the molecule is CC(C)CNCc1nc(N(CC(C)C)C(C)C)ccc1Cl. The zero-order chi connectivity index (χ0) is 16.0. The molecule has 1 rings (SSSR count). The zero-order valence-electron chi connectivity index (χ0n) is 14.3. The zero-order valence-corrected chi connectivity index (χ0v) is 15.0. The molecular formula is C17H30ClN3. The fraction of sp³-hybridized carbons (Fsp3) is 0.706. The molecule has 0 atom stereocenters. The Morgan fingerprint density at radius 2 is 1.76 bits per heavy atom. The first-order valence-electron chi connectivity index (χ1n) is 7.94. The Morgan fingerprint density at radius 1 is 1.10 bits per heavy atom. The van der Waals surface area contributed by atoms with Crippen LogP contribution in [0.1, 0.15) is 47.2 Å². The van der Waals surface area contributed by atoms with Crippen LogP contribution in [-0.2, 0) is 6.54 Å². The number of halogens is 1. The number of rotatable bonds is 8. The molecule has 0 aliphatic rings. The van der Waals surface area contributed by atoms with E-state index in [1.165, 1.54) is 0 Å². The molecule has 0 aromatic carbocycles. The maximum absolute atomic E-state index is 6.28. The molecule has 0 amide bonds. The molecule has 21 heavy (non-hydrogen) atoms. The standard InChI is InChI=1S/C17H30ClN3/c1-12(2)9-19-10-16-15(18)7-8-17(20-16)21(14(5)6)11-13(3)4/h7-8,12-14,19H,9-11H2,1-6H3. The van der Waals surface area contributed by atoms with Crippen LogP contribution in [0.25, 0.3) is 0 Å². The average molecular weight is 312 g/mol. The third-order valence-corrected chi connectivity index (χ3v) is 3.57. The van der Waals surface area contributed by atoms with Crippen molar-refractivity contribution in [2.75, 3.05) is 18.0 Å². The summed E-state index contributed by atoms with van der Waals surface area (Å²) in [5.41, 5.74) is 0.934. The van der Waals surface area contributed by atoms with Gasteiger partial charge in [-0.25, -0.2) is 4.98 Å². The first-order chi connectivity index (χ1) is 9.81. The lowest BCUT2D eigenvalue weighted by atomic mass is 10.1. The van der Waals surface area contributed by atoms with Gasteiger partial charge in [-0.2, -0.15) is 0 Å². The number of nitrogens with one attached hydrogen (secondary N) is 1. The highest BCUT2D eigenvalue weighted by Crippen LogP contribution is 2.22. The van der Waals surface area contributed by atoms with Crippen LogP contribution in [0.5, 0.6) is 0 Å². The Balaban J connectivity index is 2.87. The Hall–Kier alpha value is -0.800. The van der Waals surface area contributed by atoms with Gasteiger partial charge in [0.25, 0.3) is 0 Å². The second-order valence-corrected chi connectivity index (χ2v) is 7.17. The Labute approximate surface area is 135 Å². The van der Waals surface area contributed by atoms with Crippen LogP contribution in [0.2, 0.25) is 5.02 Å². The van der Waals surface area contributed by atoms with Crippen molar-refractivity contribution in [3.8, 4) is 0 Å². The minimum Gasteiger partial charge on any atom is -0.354 e. The summed E-state index contributed by atoms with van der Waals surface area (Å²) < 4.78 is 0. The van der Waals surface area contributed by atoms with Crippen molar-refractivity contribution in [3.63, 3.8) is 0 Å². The van der Waals surface area contributed by atoms with Gasteiger partial charge in [0.05, 0.1) is 10.7 Å². The van der Waals surface area contributed by atoms with Gasteiger partial charge in [-0.3, -0.25) is 0 Å². The van der Waals surface area contributed by atoms with Crippen molar-refractivity contribution in [1.29, 1.82) is 0 Å². The molecule has 0 radical (unpaired) electrons. The predicted molar refractivity (Wildman–Crippen MR) is 93.1 cm³/mol. The van der Waals surface area contributed by atoms with Crippen molar-refractivity contribution in [3.05, 3.63) is 22.8 Å². The topological polar surface area (TPSA) is 28.2 Å². The van der Waals surface area contributed by atoms with Crippen LogP contribution in [0, 0.1) is 11.8 Å². The fourth-order valence-corrected chi connectivity index (χ4v) is 2.37. The molecule has 0 saturated heterocycles. The first-order valence-corrected chi connectivity index (χ1v) is 8.31. The maximum Gasteiger partial charge on any atom is 0.129 e. The van der Waals surface area contributed by atoms with Gasteiger partial charge in [0.1, 0.15) is 5.82 Å². The second kappa shape index (κ2) is 8.60. The molecule has 0 fully saturated rings. The Bertz CT molecular complexity index is 430. The smallest absolute Gasteiger partial charge is 0.129 e. The fourth-order valence-electron chi connectivity index (χ4n) is 2.20. The average Bonchev–Trinajstić information content (AvgIpc) is 2.37. The van der Waals surface area contributed by atoms with Gasteiger partial charge in [-0.1, -0.05) is 39.3 Å². The third-order valence-electron chi connectivity index (χ3n) is 3.23. The number of aromatic nitrogens is 1. The maximum atomic E-state index is 6.28. The summed E-state index contributed by atoms with van der Waals surface area (Å²) in [6.45, 7) is 16.0. The monoisotopic (exact) mass is 311 g/mol. The van der Waals surface area contributed by atoms with Crippen molar-refractivity contribution in [1.82, 2.24) is 10.3 Å². The third kappa shape index (κ3) is 6.23.